The van der Waals surface area contributed by atoms with Crippen molar-refractivity contribution in [2.75, 3.05) is 13.2 Å². The molecule has 1 aromatic rings. The van der Waals surface area contributed by atoms with E-state index in [1.807, 2.05) is 44.2 Å². The number of ether oxygens (including phenoxy) is 1. The number of nitrogens with one attached hydrogen (secondary N) is 1. The number of carbonyl (C=O) groups is 2. The van der Waals surface area contributed by atoms with Crippen molar-refractivity contribution in [2.45, 2.75) is 32.6 Å². The summed E-state index contributed by atoms with van der Waals surface area (Å²) in [6, 6.07) is 9.95. The van der Waals surface area contributed by atoms with E-state index in [2.05, 4.69) is 5.32 Å². The lowest BCUT2D eigenvalue weighted by molar-refractivity contribution is -0.146. The van der Waals surface area contributed by atoms with Gasteiger partial charge < -0.3 is 10.1 Å². The Morgan fingerprint density at radius 2 is 1.84 bits per heavy atom. The van der Waals surface area contributed by atoms with E-state index in [4.69, 9.17) is 4.74 Å². The molecule has 1 aromatic carbocycles. The van der Waals surface area contributed by atoms with Gasteiger partial charge >= 0.3 is 5.97 Å². The second-order valence-corrected chi connectivity index (χ2v) is 5.01. The van der Waals surface area contributed by atoms with Crippen LogP contribution in [0, 0.1) is 0 Å². The third kappa shape index (κ3) is 5.12. The smallest absolute Gasteiger partial charge is 0.315 e. The summed E-state index contributed by atoms with van der Waals surface area (Å²) in [5.74, 6) is -0.792. The van der Waals surface area contributed by atoms with E-state index in [0.29, 0.717) is 13.2 Å². The molecular formula is C15H21NO3. The number of hydrogen-bond acceptors (Lipinski definition) is 3. The second kappa shape index (κ2) is 6.92. The summed E-state index contributed by atoms with van der Waals surface area (Å²) in [4.78, 5) is 22.8. The normalized spacial score (nSPS) is 10.9. The number of rotatable bonds is 6. The van der Waals surface area contributed by atoms with E-state index in [-0.39, 0.29) is 17.7 Å². The second-order valence-electron chi connectivity index (χ2n) is 5.01. The van der Waals surface area contributed by atoms with Crippen LogP contribution in [0.5, 0.6) is 0 Å². The molecular weight excluding hydrogens is 242 g/mol. The Hall–Kier alpha value is -1.84. The quantitative estimate of drug-likeness (QED) is 0.631. The molecule has 19 heavy (non-hydrogen) atoms. The molecule has 0 fully saturated rings. The van der Waals surface area contributed by atoms with Crippen molar-refractivity contribution in [3.63, 3.8) is 0 Å². The van der Waals surface area contributed by atoms with Gasteiger partial charge in [0.05, 0.1) is 6.61 Å². The topological polar surface area (TPSA) is 55.4 Å². The zero-order valence-electron chi connectivity index (χ0n) is 11.7. The van der Waals surface area contributed by atoms with E-state index < -0.39 is 5.97 Å². The van der Waals surface area contributed by atoms with Gasteiger partial charge in [-0.15, -0.1) is 0 Å². The maximum absolute atomic E-state index is 11.6. The Morgan fingerprint density at radius 1 is 1.21 bits per heavy atom. The Morgan fingerprint density at radius 3 is 2.42 bits per heavy atom. The molecule has 0 radical (unpaired) electrons. The van der Waals surface area contributed by atoms with Crippen LogP contribution in [0.1, 0.15) is 32.8 Å². The van der Waals surface area contributed by atoms with Crippen molar-refractivity contribution in [3.8, 4) is 0 Å². The Balaban J connectivity index is 2.47. The molecule has 0 aliphatic heterocycles. The molecule has 4 nitrogen and oxygen atoms in total. The van der Waals surface area contributed by atoms with Crippen molar-refractivity contribution in [1.82, 2.24) is 5.32 Å². The van der Waals surface area contributed by atoms with Crippen molar-refractivity contribution in [1.29, 1.82) is 0 Å². The van der Waals surface area contributed by atoms with Crippen LogP contribution < -0.4 is 5.32 Å². The highest BCUT2D eigenvalue weighted by molar-refractivity contribution is 5.94. The highest BCUT2D eigenvalue weighted by Gasteiger charge is 2.21. The van der Waals surface area contributed by atoms with Gasteiger partial charge in [0.2, 0.25) is 5.91 Å². The first-order chi connectivity index (χ1) is 8.95. The van der Waals surface area contributed by atoms with Crippen LogP contribution in [0.3, 0.4) is 0 Å². The average Bonchev–Trinajstić information content (AvgIpc) is 2.38. The minimum atomic E-state index is -0.488. The largest absolute Gasteiger partial charge is 0.466 e. The first-order valence-electron chi connectivity index (χ1n) is 6.43. The fourth-order valence-electron chi connectivity index (χ4n) is 1.72. The van der Waals surface area contributed by atoms with E-state index >= 15 is 0 Å². The van der Waals surface area contributed by atoms with Crippen LogP contribution in [-0.4, -0.2) is 25.0 Å². The van der Waals surface area contributed by atoms with Gasteiger partial charge in [0.25, 0.3) is 0 Å². The molecule has 1 amide bonds. The van der Waals surface area contributed by atoms with Crippen molar-refractivity contribution >= 4 is 11.9 Å². The SMILES string of the molecule is CCOC(=O)CC(=O)NCC(C)(C)c1ccccc1. The highest BCUT2D eigenvalue weighted by atomic mass is 16.5. The number of benzene rings is 1. The minimum absolute atomic E-state index is 0.175. The molecule has 0 aliphatic carbocycles. The van der Waals surface area contributed by atoms with Gasteiger partial charge in [-0.05, 0) is 12.5 Å². The van der Waals surface area contributed by atoms with Crippen molar-refractivity contribution < 1.29 is 14.3 Å². The standard InChI is InChI=1S/C15H21NO3/c1-4-19-14(18)10-13(17)16-11-15(2,3)12-8-6-5-7-9-12/h5-9H,4,10-11H2,1-3H3,(H,16,17). The van der Waals surface area contributed by atoms with Crippen molar-refractivity contribution in [2.24, 2.45) is 0 Å². The molecule has 0 saturated heterocycles. The summed E-state index contributed by atoms with van der Waals surface area (Å²) in [5.41, 5.74) is 0.970. The van der Waals surface area contributed by atoms with Gasteiger partial charge in [-0.1, -0.05) is 44.2 Å². The van der Waals surface area contributed by atoms with Crippen LogP contribution in [-0.2, 0) is 19.7 Å². The maximum atomic E-state index is 11.6. The van der Waals surface area contributed by atoms with E-state index in [1.165, 1.54) is 0 Å². The van der Waals surface area contributed by atoms with Crippen molar-refractivity contribution in [3.05, 3.63) is 35.9 Å². The van der Waals surface area contributed by atoms with Gasteiger partial charge in [0, 0.05) is 12.0 Å². The van der Waals surface area contributed by atoms with Gasteiger partial charge in [-0.3, -0.25) is 9.59 Å². The van der Waals surface area contributed by atoms with Gasteiger partial charge in [0.1, 0.15) is 6.42 Å². The van der Waals surface area contributed by atoms with Crippen LogP contribution in [0.4, 0.5) is 0 Å². The summed E-state index contributed by atoms with van der Waals surface area (Å²) in [6.45, 7) is 6.59. The molecule has 1 rings (SSSR count). The van der Waals surface area contributed by atoms with E-state index in [0.717, 1.165) is 5.56 Å². The van der Waals surface area contributed by atoms with Crippen LogP contribution in [0.25, 0.3) is 0 Å². The maximum Gasteiger partial charge on any atom is 0.315 e. The molecule has 0 aliphatic rings. The average molecular weight is 263 g/mol. The van der Waals surface area contributed by atoms with E-state index in [9.17, 15) is 9.59 Å². The lowest BCUT2D eigenvalue weighted by Gasteiger charge is -2.25. The zero-order chi connectivity index (χ0) is 14.3. The Labute approximate surface area is 114 Å². The summed E-state index contributed by atoms with van der Waals surface area (Å²) in [7, 11) is 0. The third-order valence-electron chi connectivity index (χ3n) is 2.89. The van der Waals surface area contributed by atoms with Gasteiger partial charge in [0.15, 0.2) is 0 Å². The molecule has 4 heteroatoms. The monoisotopic (exact) mass is 263 g/mol. The highest BCUT2D eigenvalue weighted by Crippen LogP contribution is 2.21. The molecule has 1 N–H and O–H groups in total. The van der Waals surface area contributed by atoms with Gasteiger partial charge in [-0.2, -0.15) is 0 Å². The predicted molar refractivity (Wildman–Crippen MR) is 73.7 cm³/mol. The summed E-state index contributed by atoms with van der Waals surface area (Å²) in [6.07, 6.45) is -0.224. The molecule has 104 valence electrons. The zero-order valence-corrected chi connectivity index (χ0v) is 11.7. The molecule has 0 heterocycles. The summed E-state index contributed by atoms with van der Waals surface area (Å²) in [5, 5.41) is 2.77. The summed E-state index contributed by atoms with van der Waals surface area (Å²) < 4.78 is 4.73. The third-order valence-corrected chi connectivity index (χ3v) is 2.89. The molecule has 0 bridgehead atoms. The number of hydrogen-bond donors (Lipinski definition) is 1. The molecule has 0 aromatic heterocycles. The number of esters is 1. The fraction of sp³-hybridized carbons (Fsp3) is 0.467. The number of carbonyl (C=O) groups excluding carboxylic acids is 2. The van der Waals surface area contributed by atoms with Crippen LogP contribution >= 0.6 is 0 Å². The Bertz CT molecular complexity index is 426. The predicted octanol–water partition coefficient (Wildman–Crippen LogP) is 2.03. The lowest BCUT2D eigenvalue weighted by atomic mass is 9.84. The van der Waals surface area contributed by atoms with Crippen LogP contribution in [0.2, 0.25) is 0 Å². The van der Waals surface area contributed by atoms with Gasteiger partial charge in [-0.25, -0.2) is 0 Å². The molecule has 0 atom stereocenters. The van der Waals surface area contributed by atoms with Crippen LogP contribution in [0.15, 0.2) is 30.3 Å². The Kier molecular flexibility index (Phi) is 5.55. The number of amides is 1. The molecule has 0 saturated carbocycles. The lowest BCUT2D eigenvalue weighted by Crippen LogP contribution is -2.37. The molecule has 0 unspecified atom stereocenters. The first-order valence-corrected chi connectivity index (χ1v) is 6.43. The van der Waals surface area contributed by atoms with E-state index in [1.54, 1.807) is 6.92 Å². The minimum Gasteiger partial charge on any atom is -0.466 e. The fourth-order valence-corrected chi connectivity index (χ4v) is 1.72. The molecule has 0 spiro atoms. The first kappa shape index (κ1) is 15.2. The summed E-state index contributed by atoms with van der Waals surface area (Å²) >= 11 is 0.